The molecule has 108 valence electrons. The summed E-state index contributed by atoms with van der Waals surface area (Å²) in [5.41, 5.74) is 0.766. The summed E-state index contributed by atoms with van der Waals surface area (Å²) in [5.74, 6) is -0.111. The maximum absolute atomic E-state index is 12.3. The van der Waals surface area contributed by atoms with Crippen molar-refractivity contribution >= 4 is 28.4 Å². The van der Waals surface area contributed by atoms with Crippen molar-refractivity contribution in [3.8, 4) is 0 Å². The Kier molecular flexibility index (Phi) is 3.73. The number of nitrogens with one attached hydrogen (secondary N) is 2. The van der Waals surface area contributed by atoms with Crippen LogP contribution in [-0.4, -0.2) is 36.5 Å². The molecule has 1 heterocycles. The first-order chi connectivity index (χ1) is 10.2. The summed E-state index contributed by atoms with van der Waals surface area (Å²) in [4.78, 5) is 25.4. The van der Waals surface area contributed by atoms with Gasteiger partial charge in [-0.05, 0) is 17.9 Å². The summed E-state index contributed by atoms with van der Waals surface area (Å²) in [6.45, 7) is 1.31. The van der Waals surface area contributed by atoms with Crippen LogP contribution in [0.4, 0.5) is 10.5 Å². The van der Waals surface area contributed by atoms with Gasteiger partial charge >= 0.3 is 6.03 Å². The van der Waals surface area contributed by atoms with E-state index in [0.29, 0.717) is 13.1 Å². The minimum absolute atomic E-state index is 0.108. The number of anilines is 1. The summed E-state index contributed by atoms with van der Waals surface area (Å²) < 4.78 is 0. The average Bonchev–Trinajstić information content (AvgIpc) is 2.72. The van der Waals surface area contributed by atoms with Gasteiger partial charge in [0.2, 0.25) is 5.91 Å². The molecule has 2 aromatic carbocycles. The van der Waals surface area contributed by atoms with Crippen molar-refractivity contribution in [2.24, 2.45) is 0 Å². The van der Waals surface area contributed by atoms with Crippen LogP contribution in [0.2, 0.25) is 0 Å². The number of carbonyl (C=O) groups excluding carboxylic acids is 2. The van der Waals surface area contributed by atoms with E-state index >= 15 is 0 Å². The van der Waals surface area contributed by atoms with E-state index < -0.39 is 0 Å². The monoisotopic (exact) mass is 283 g/mol. The maximum Gasteiger partial charge on any atom is 0.322 e. The van der Waals surface area contributed by atoms with Crippen molar-refractivity contribution in [3.05, 3.63) is 42.5 Å². The van der Waals surface area contributed by atoms with Gasteiger partial charge in [0, 0.05) is 18.5 Å². The van der Waals surface area contributed by atoms with E-state index in [4.69, 9.17) is 0 Å². The first-order valence-electron chi connectivity index (χ1n) is 7.04. The van der Waals surface area contributed by atoms with E-state index in [2.05, 4.69) is 10.6 Å². The Hall–Kier alpha value is -2.56. The smallest absolute Gasteiger partial charge is 0.322 e. The number of rotatable bonds is 1. The molecule has 0 saturated carbocycles. The highest BCUT2D eigenvalue weighted by Crippen LogP contribution is 2.23. The van der Waals surface area contributed by atoms with Crippen molar-refractivity contribution in [1.82, 2.24) is 10.2 Å². The highest BCUT2D eigenvalue weighted by Gasteiger charge is 2.20. The summed E-state index contributed by atoms with van der Waals surface area (Å²) in [7, 11) is 0. The topological polar surface area (TPSA) is 61.4 Å². The summed E-state index contributed by atoms with van der Waals surface area (Å²) >= 11 is 0. The second kappa shape index (κ2) is 5.83. The van der Waals surface area contributed by atoms with Crippen LogP contribution in [0.15, 0.2) is 42.5 Å². The number of benzene rings is 2. The number of fused-ring (bicyclic) bond motifs is 1. The highest BCUT2D eigenvalue weighted by molar-refractivity contribution is 6.02. The van der Waals surface area contributed by atoms with Crippen LogP contribution in [-0.2, 0) is 4.79 Å². The Morgan fingerprint density at radius 2 is 1.95 bits per heavy atom. The second-order valence-electron chi connectivity index (χ2n) is 5.08. The normalized spacial score (nSPS) is 15.4. The molecule has 1 fully saturated rings. The van der Waals surface area contributed by atoms with Crippen LogP contribution >= 0.6 is 0 Å². The van der Waals surface area contributed by atoms with Gasteiger partial charge < -0.3 is 15.5 Å². The van der Waals surface area contributed by atoms with Crippen molar-refractivity contribution in [2.75, 3.05) is 25.0 Å². The molecule has 2 aromatic rings. The van der Waals surface area contributed by atoms with Crippen LogP contribution in [0.25, 0.3) is 10.8 Å². The van der Waals surface area contributed by atoms with Gasteiger partial charge in [-0.1, -0.05) is 36.4 Å². The molecule has 1 aliphatic heterocycles. The van der Waals surface area contributed by atoms with Gasteiger partial charge in [0.25, 0.3) is 0 Å². The molecule has 0 aliphatic carbocycles. The van der Waals surface area contributed by atoms with Gasteiger partial charge in [-0.15, -0.1) is 0 Å². The zero-order valence-electron chi connectivity index (χ0n) is 11.6. The molecule has 21 heavy (non-hydrogen) atoms. The van der Waals surface area contributed by atoms with Crippen LogP contribution in [0.3, 0.4) is 0 Å². The van der Waals surface area contributed by atoms with Gasteiger partial charge in [-0.2, -0.15) is 0 Å². The molecule has 2 N–H and O–H groups in total. The Labute approximate surface area is 122 Å². The SMILES string of the molecule is O=C1CN(C(=O)Nc2cccc3ccccc23)CCCN1. The molecule has 0 atom stereocenters. The Balaban J connectivity index is 1.81. The lowest BCUT2D eigenvalue weighted by molar-refractivity contribution is -0.120. The largest absolute Gasteiger partial charge is 0.354 e. The lowest BCUT2D eigenvalue weighted by Gasteiger charge is -2.20. The Morgan fingerprint density at radius 1 is 1.14 bits per heavy atom. The molecule has 0 spiro atoms. The van der Waals surface area contributed by atoms with Crippen LogP contribution in [0.5, 0.6) is 0 Å². The molecule has 1 aliphatic rings. The molecule has 0 radical (unpaired) electrons. The molecule has 3 amide bonds. The molecular formula is C16H17N3O2. The molecule has 1 saturated heterocycles. The van der Waals surface area contributed by atoms with E-state index in [1.807, 2.05) is 42.5 Å². The summed E-state index contributed by atoms with van der Waals surface area (Å²) in [5, 5.41) is 7.74. The molecule has 0 unspecified atom stereocenters. The van der Waals surface area contributed by atoms with E-state index in [1.165, 1.54) is 0 Å². The van der Waals surface area contributed by atoms with Crippen molar-refractivity contribution < 1.29 is 9.59 Å². The van der Waals surface area contributed by atoms with Crippen LogP contribution in [0.1, 0.15) is 6.42 Å². The third-order valence-electron chi connectivity index (χ3n) is 3.58. The zero-order valence-corrected chi connectivity index (χ0v) is 11.6. The fraction of sp³-hybridized carbons (Fsp3) is 0.250. The van der Waals surface area contributed by atoms with E-state index in [9.17, 15) is 9.59 Å². The number of nitrogens with zero attached hydrogens (tertiary/aromatic N) is 1. The Morgan fingerprint density at radius 3 is 2.86 bits per heavy atom. The van der Waals surface area contributed by atoms with Crippen LogP contribution < -0.4 is 10.6 Å². The lowest BCUT2D eigenvalue weighted by atomic mass is 10.1. The van der Waals surface area contributed by atoms with E-state index in [-0.39, 0.29) is 18.5 Å². The number of urea groups is 1. The zero-order chi connectivity index (χ0) is 14.7. The molecule has 0 aromatic heterocycles. The quantitative estimate of drug-likeness (QED) is 0.842. The van der Waals surface area contributed by atoms with Crippen molar-refractivity contribution in [2.45, 2.75) is 6.42 Å². The van der Waals surface area contributed by atoms with E-state index in [0.717, 1.165) is 22.9 Å². The minimum Gasteiger partial charge on any atom is -0.354 e. The molecular weight excluding hydrogens is 266 g/mol. The minimum atomic E-state index is -0.233. The standard InChI is InChI=1S/C16H17N3O2/c20-15-11-19(10-4-9-17-15)16(21)18-14-8-3-6-12-5-1-2-7-13(12)14/h1-3,5-8H,4,9-11H2,(H,17,20)(H,18,21). The molecule has 3 rings (SSSR count). The second-order valence-corrected chi connectivity index (χ2v) is 5.08. The van der Waals surface area contributed by atoms with Gasteiger partial charge in [-0.25, -0.2) is 4.79 Å². The Bertz CT molecular complexity index is 679. The highest BCUT2D eigenvalue weighted by atomic mass is 16.2. The summed E-state index contributed by atoms with van der Waals surface area (Å²) in [6.07, 6.45) is 0.773. The number of carbonyl (C=O) groups is 2. The average molecular weight is 283 g/mol. The van der Waals surface area contributed by atoms with E-state index in [1.54, 1.807) is 4.90 Å². The maximum atomic E-state index is 12.3. The summed E-state index contributed by atoms with van der Waals surface area (Å²) in [6, 6.07) is 13.4. The van der Waals surface area contributed by atoms with Gasteiger partial charge in [0.15, 0.2) is 0 Å². The predicted molar refractivity (Wildman–Crippen MR) is 82.2 cm³/mol. The first-order valence-corrected chi connectivity index (χ1v) is 7.04. The van der Waals surface area contributed by atoms with Crippen LogP contribution in [0, 0.1) is 0 Å². The third kappa shape index (κ3) is 2.97. The predicted octanol–water partition coefficient (Wildman–Crippen LogP) is 2.19. The molecule has 5 heteroatoms. The number of hydrogen-bond acceptors (Lipinski definition) is 2. The van der Waals surface area contributed by atoms with Gasteiger partial charge in [-0.3, -0.25) is 4.79 Å². The lowest BCUT2D eigenvalue weighted by Crippen LogP contribution is -2.39. The molecule has 0 bridgehead atoms. The van der Waals surface area contributed by atoms with Crippen molar-refractivity contribution in [1.29, 1.82) is 0 Å². The first kappa shape index (κ1) is 13.4. The fourth-order valence-corrected chi connectivity index (χ4v) is 2.51. The van der Waals surface area contributed by atoms with Gasteiger partial charge in [0.1, 0.15) is 6.54 Å². The van der Waals surface area contributed by atoms with Gasteiger partial charge in [0.05, 0.1) is 5.69 Å². The van der Waals surface area contributed by atoms with Crippen molar-refractivity contribution in [3.63, 3.8) is 0 Å². The number of hydrogen-bond donors (Lipinski definition) is 2. The fourth-order valence-electron chi connectivity index (χ4n) is 2.51. The molecule has 5 nitrogen and oxygen atoms in total. The number of amides is 3. The third-order valence-corrected chi connectivity index (χ3v) is 3.58.